The van der Waals surface area contributed by atoms with Crippen LogP contribution in [0.2, 0.25) is 0 Å². The molecule has 2 heteroatoms. The number of hydrogen-bond donors (Lipinski definition) is 0. The Kier molecular flexibility index (Phi) is 4.29. The van der Waals surface area contributed by atoms with Crippen molar-refractivity contribution in [2.45, 2.75) is 24.6 Å². The molecule has 1 aromatic carbocycles. The number of benzene rings is 1. The van der Waals surface area contributed by atoms with Gasteiger partial charge in [-0.25, -0.2) is 0 Å². The average Bonchev–Trinajstić information content (AvgIpc) is 2.15. The van der Waals surface area contributed by atoms with Crippen molar-refractivity contribution in [3.8, 4) is 5.75 Å². The van der Waals surface area contributed by atoms with Crippen molar-refractivity contribution >= 4 is 15.9 Å². The second-order valence-electron chi connectivity index (χ2n) is 3.17. The molecular weight excluding hydrogens is 228 g/mol. The zero-order chi connectivity index (χ0) is 9.68. The highest BCUT2D eigenvalue weighted by atomic mass is 79.9. The Morgan fingerprint density at radius 3 is 2.38 bits per heavy atom. The first-order valence-corrected chi connectivity index (χ1v) is 5.41. The van der Waals surface area contributed by atoms with E-state index in [1.165, 1.54) is 12.0 Å². The van der Waals surface area contributed by atoms with Crippen molar-refractivity contribution in [2.24, 2.45) is 0 Å². The summed E-state index contributed by atoms with van der Waals surface area (Å²) in [6.45, 7) is 2.17. The second-order valence-corrected chi connectivity index (χ2v) is 4.73. The highest BCUT2D eigenvalue weighted by Crippen LogP contribution is 2.14. The van der Waals surface area contributed by atoms with Crippen LogP contribution in [0.3, 0.4) is 0 Å². The lowest BCUT2D eigenvalue weighted by Crippen LogP contribution is -1.93. The summed E-state index contributed by atoms with van der Waals surface area (Å²) in [6.07, 6.45) is 2.29. The molecule has 0 saturated heterocycles. The number of hydrogen-bond acceptors (Lipinski definition) is 1. The fraction of sp³-hybridized carbons (Fsp3) is 0.455. The maximum Gasteiger partial charge on any atom is 0.118 e. The molecule has 1 rings (SSSR count). The summed E-state index contributed by atoms with van der Waals surface area (Å²) >= 11 is 3.54. The van der Waals surface area contributed by atoms with Gasteiger partial charge in [0.05, 0.1) is 7.11 Å². The summed E-state index contributed by atoms with van der Waals surface area (Å²) in [7, 11) is 1.69. The highest BCUT2D eigenvalue weighted by molar-refractivity contribution is 9.09. The summed E-state index contributed by atoms with van der Waals surface area (Å²) in [5.74, 6) is 0.927. The molecule has 72 valence electrons. The van der Waals surface area contributed by atoms with Crippen LogP contribution in [0.25, 0.3) is 0 Å². The lowest BCUT2D eigenvalue weighted by molar-refractivity contribution is 0.414. The van der Waals surface area contributed by atoms with Gasteiger partial charge in [0.25, 0.3) is 0 Å². The molecule has 0 amide bonds. The van der Waals surface area contributed by atoms with E-state index in [-0.39, 0.29) is 0 Å². The van der Waals surface area contributed by atoms with E-state index in [0.717, 1.165) is 12.2 Å². The molecular formula is C11H15BrO. The van der Waals surface area contributed by atoms with Crippen molar-refractivity contribution in [2.75, 3.05) is 7.11 Å². The van der Waals surface area contributed by atoms with Gasteiger partial charge in [-0.15, -0.1) is 0 Å². The van der Waals surface area contributed by atoms with Gasteiger partial charge in [-0.3, -0.25) is 0 Å². The first kappa shape index (κ1) is 10.6. The normalized spacial score (nSPS) is 12.5. The third-order valence-corrected chi connectivity index (χ3v) is 2.45. The van der Waals surface area contributed by atoms with Crippen LogP contribution < -0.4 is 4.74 Å². The van der Waals surface area contributed by atoms with Crippen molar-refractivity contribution in [3.05, 3.63) is 29.8 Å². The van der Waals surface area contributed by atoms with Crippen LogP contribution in [0.1, 0.15) is 18.9 Å². The predicted octanol–water partition coefficient (Wildman–Crippen LogP) is 3.41. The largest absolute Gasteiger partial charge is 0.497 e. The maximum absolute atomic E-state index is 5.09. The number of ether oxygens (including phenoxy) is 1. The Hall–Kier alpha value is -0.500. The molecule has 1 aromatic rings. The molecule has 0 fully saturated rings. The van der Waals surface area contributed by atoms with Gasteiger partial charge >= 0.3 is 0 Å². The van der Waals surface area contributed by atoms with Gasteiger partial charge in [0.2, 0.25) is 0 Å². The average molecular weight is 243 g/mol. The molecule has 0 aromatic heterocycles. The standard InChI is InChI=1S/C11H15BrO/c1-9(12)3-4-10-5-7-11(13-2)8-6-10/h5-9H,3-4H2,1-2H3. The van der Waals surface area contributed by atoms with E-state index in [4.69, 9.17) is 4.74 Å². The molecule has 0 aliphatic heterocycles. The van der Waals surface area contributed by atoms with Crippen molar-refractivity contribution < 1.29 is 4.74 Å². The lowest BCUT2D eigenvalue weighted by Gasteiger charge is -2.04. The van der Waals surface area contributed by atoms with Crippen LogP contribution in [0, 0.1) is 0 Å². The fourth-order valence-electron chi connectivity index (χ4n) is 1.16. The molecule has 0 saturated carbocycles. The fourth-order valence-corrected chi connectivity index (χ4v) is 1.39. The van der Waals surface area contributed by atoms with Crippen LogP contribution in [-0.4, -0.2) is 11.9 Å². The van der Waals surface area contributed by atoms with Gasteiger partial charge in [0.15, 0.2) is 0 Å². The molecule has 0 aliphatic carbocycles. The molecule has 1 atom stereocenters. The van der Waals surface area contributed by atoms with E-state index in [9.17, 15) is 0 Å². The van der Waals surface area contributed by atoms with E-state index in [1.54, 1.807) is 7.11 Å². The van der Waals surface area contributed by atoms with Gasteiger partial charge in [-0.1, -0.05) is 35.0 Å². The molecule has 0 spiro atoms. The lowest BCUT2D eigenvalue weighted by atomic mass is 10.1. The van der Waals surface area contributed by atoms with Gasteiger partial charge in [0.1, 0.15) is 5.75 Å². The molecule has 1 nitrogen and oxygen atoms in total. The van der Waals surface area contributed by atoms with Crippen LogP contribution in [0.4, 0.5) is 0 Å². The Morgan fingerprint density at radius 1 is 1.31 bits per heavy atom. The third-order valence-electron chi connectivity index (χ3n) is 1.99. The molecule has 0 heterocycles. The summed E-state index contributed by atoms with van der Waals surface area (Å²) in [5, 5.41) is 0. The van der Waals surface area contributed by atoms with Gasteiger partial charge in [-0.2, -0.15) is 0 Å². The minimum absolute atomic E-state index is 0.592. The first-order valence-electron chi connectivity index (χ1n) is 4.49. The summed E-state index contributed by atoms with van der Waals surface area (Å²) in [5.41, 5.74) is 1.37. The molecule has 0 bridgehead atoms. The van der Waals surface area contributed by atoms with Crippen molar-refractivity contribution in [1.82, 2.24) is 0 Å². The Bertz CT molecular complexity index is 241. The van der Waals surface area contributed by atoms with E-state index >= 15 is 0 Å². The predicted molar refractivity (Wildman–Crippen MR) is 59.7 cm³/mol. The number of aryl methyl sites for hydroxylation is 1. The molecule has 0 N–H and O–H groups in total. The Labute approximate surface area is 88.2 Å². The third kappa shape index (κ3) is 3.81. The smallest absolute Gasteiger partial charge is 0.118 e. The zero-order valence-corrected chi connectivity index (χ0v) is 9.67. The van der Waals surface area contributed by atoms with Gasteiger partial charge in [-0.05, 0) is 30.5 Å². The molecule has 1 unspecified atom stereocenters. The molecule has 0 radical (unpaired) electrons. The van der Waals surface area contributed by atoms with Crippen LogP contribution in [0.5, 0.6) is 5.75 Å². The summed E-state index contributed by atoms with van der Waals surface area (Å²) in [4.78, 5) is 0.592. The minimum Gasteiger partial charge on any atom is -0.497 e. The quantitative estimate of drug-likeness (QED) is 0.736. The van der Waals surface area contributed by atoms with E-state index in [0.29, 0.717) is 4.83 Å². The van der Waals surface area contributed by atoms with Crippen LogP contribution in [0.15, 0.2) is 24.3 Å². The summed E-state index contributed by atoms with van der Waals surface area (Å²) < 4.78 is 5.09. The maximum atomic E-state index is 5.09. The number of halogens is 1. The topological polar surface area (TPSA) is 9.23 Å². The highest BCUT2D eigenvalue weighted by Gasteiger charge is 1.98. The van der Waals surface area contributed by atoms with Crippen LogP contribution in [-0.2, 0) is 6.42 Å². The van der Waals surface area contributed by atoms with E-state index in [2.05, 4.69) is 35.0 Å². The second kappa shape index (κ2) is 5.28. The minimum atomic E-state index is 0.592. The SMILES string of the molecule is COc1ccc(CCC(C)Br)cc1. The number of alkyl halides is 1. The number of methoxy groups -OCH3 is 1. The Balaban J connectivity index is 2.49. The van der Waals surface area contributed by atoms with E-state index in [1.807, 2.05) is 12.1 Å². The zero-order valence-electron chi connectivity index (χ0n) is 8.09. The van der Waals surface area contributed by atoms with E-state index < -0.39 is 0 Å². The monoisotopic (exact) mass is 242 g/mol. The van der Waals surface area contributed by atoms with Crippen molar-refractivity contribution in [1.29, 1.82) is 0 Å². The Morgan fingerprint density at radius 2 is 1.92 bits per heavy atom. The van der Waals surface area contributed by atoms with Crippen LogP contribution >= 0.6 is 15.9 Å². The first-order chi connectivity index (χ1) is 6.22. The van der Waals surface area contributed by atoms with Crippen molar-refractivity contribution in [3.63, 3.8) is 0 Å². The molecule has 13 heavy (non-hydrogen) atoms. The van der Waals surface area contributed by atoms with Gasteiger partial charge in [0, 0.05) is 4.83 Å². The van der Waals surface area contributed by atoms with Gasteiger partial charge < -0.3 is 4.74 Å². The number of rotatable bonds is 4. The summed E-state index contributed by atoms with van der Waals surface area (Å²) in [6, 6.07) is 8.25. The molecule has 0 aliphatic rings.